The number of para-hydroxylation sites is 1. The number of aromatic hydroxyl groups is 1. The number of nitrogens with one attached hydrogen (secondary N) is 4. The predicted molar refractivity (Wildman–Crippen MR) is 160 cm³/mol. The van der Waals surface area contributed by atoms with Gasteiger partial charge in [0.05, 0.1) is 6.10 Å². The Morgan fingerprint density at radius 1 is 0.905 bits per heavy atom. The highest BCUT2D eigenvalue weighted by atomic mass is 32.2. The van der Waals surface area contributed by atoms with E-state index in [1.54, 1.807) is 18.3 Å². The topological polar surface area (TPSA) is 207 Å². The van der Waals surface area contributed by atoms with Crippen molar-refractivity contribution in [2.45, 2.75) is 56.5 Å². The number of carboxylic acids is 1. The minimum absolute atomic E-state index is 0.0261. The summed E-state index contributed by atoms with van der Waals surface area (Å²) in [6.45, 7) is 1.36. The number of H-pyrrole nitrogens is 1. The van der Waals surface area contributed by atoms with Gasteiger partial charge in [-0.3, -0.25) is 14.4 Å². The zero-order chi connectivity index (χ0) is 30.8. The summed E-state index contributed by atoms with van der Waals surface area (Å²) in [4.78, 5) is 54.7. The molecule has 226 valence electrons. The van der Waals surface area contributed by atoms with Crippen molar-refractivity contribution in [1.82, 2.24) is 20.9 Å². The van der Waals surface area contributed by atoms with E-state index in [-0.39, 0.29) is 25.0 Å². The Labute approximate surface area is 247 Å². The molecule has 1 aromatic heterocycles. The third-order valence-corrected chi connectivity index (χ3v) is 7.43. The number of rotatable bonds is 15. The van der Waals surface area contributed by atoms with E-state index in [1.807, 2.05) is 30.5 Å². The van der Waals surface area contributed by atoms with Gasteiger partial charge in [-0.05, 0) is 54.7 Å². The maximum absolute atomic E-state index is 13.6. The van der Waals surface area contributed by atoms with E-state index in [0.717, 1.165) is 16.5 Å². The molecule has 9 N–H and O–H groups in total. The molecule has 3 aromatic rings. The first-order valence-electron chi connectivity index (χ1n) is 13.4. The third kappa shape index (κ3) is 8.96. The number of aliphatic carboxylic acids is 1. The van der Waals surface area contributed by atoms with E-state index in [4.69, 9.17) is 5.73 Å². The van der Waals surface area contributed by atoms with Crippen LogP contribution in [0.5, 0.6) is 5.75 Å². The SMILES string of the molecule is CSCCC(NC(=O)C(Cc1c[nH]c2ccccc12)NC(=O)C(N)C(C)O)C(=O)NC(Cc1ccc(O)cc1)C(=O)O. The molecule has 42 heavy (non-hydrogen) atoms. The van der Waals surface area contributed by atoms with Crippen LogP contribution in [0, 0.1) is 0 Å². The first kappa shape index (κ1) is 32.4. The molecule has 2 aromatic carbocycles. The lowest BCUT2D eigenvalue weighted by molar-refractivity contribution is -0.142. The number of thioether (sulfide) groups is 1. The molecule has 0 aliphatic rings. The number of nitrogens with two attached hydrogens (primary N) is 1. The monoisotopic (exact) mass is 599 g/mol. The van der Waals surface area contributed by atoms with Crippen molar-refractivity contribution in [2.75, 3.05) is 12.0 Å². The fourth-order valence-electron chi connectivity index (χ4n) is 4.33. The molecule has 0 radical (unpaired) electrons. The van der Waals surface area contributed by atoms with Crippen molar-refractivity contribution in [3.63, 3.8) is 0 Å². The molecule has 0 aliphatic heterocycles. The Hall–Kier alpha value is -4.07. The molecule has 0 saturated heterocycles. The molecule has 0 fully saturated rings. The number of carbonyl (C=O) groups is 4. The molecule has 0 spiro atoms. The summed E-state index contributed by atoms with van der Waals surface area (Å²) >= 11 is 1.45. The van der Waals surface area contributed by atoms with Gasteiger partial charge in [0.25, 0.3) is 0 Å². The number of carbonyl (C=O) groups excluding carboxylic acids is 3. The lowest BCUT2D eigenvalue weighted by atomic mass is 10.0. The average molecular weight is 600 g/mol. The maximum Gasteiger partial charge on any atom is 0.326 e. The number of hydrogen-bond donors (Lipinski definition) is 8. The zero-order valence-corrected chi connectivity index (χ0v) is 24.2. The summed E-state index contributed by atoms with van der Waals surface area (Å²) in [5.74, 6) is -2.85. The summed E-state index contributed by atoms with van der Waals surface area (Å²) < 4.78 is 0. The molecular formula is C29H37N5O7S. The molecular weight excluding hydrogens is 562 g/mol. The van der Waals surface area contributed by atoms with Crippen LogP contribution in [0.25, 0.3) is 10.9 Å². The fourth-order valence-corrected chi connectivity index (χ4v) is 4.81. The van der Waals surface area contributed by atoms with Crippen molar-refractivity contribution in [3.05, 3.63) is 65.9 Å². The van der Waals surface area contributed by atoms with E-state index in [1.165, 1.54) is 30.8 Å². The van der Waals surface area contributed by atoms with E-state index >= 15 is 0 Å². The first-order chi connectivity index (χ1) is 20.0. The van der Waals surface area contributed by atoms with Gasteiger partial charge >= 0.3 is 5.97 Å². The minimum Gasteiger partial charge on any atom is -0.508 e. The van der Waals surface area contributed by atoms with Gasteiger partial charge in [-0.1, -0.05) is 30.3 Å². The second-order valence-electron chi connectivity index (χ2n) is 10.0. The Morgan fingerprint density at radius 2 is 1.52 bits per heavy atom. The van der Waals surface area contributed by atoms with E-state index in [9.17, 15) is 34.5 Å². The molecule has 0 bridgehead atoms. The molecule has 5 unspecified atom stereocenters. The number of aliphatic hydroxyl groups is 1. The Bertz CT molecular complexity index is 1380. The van der Waals surface area contributed by atoms with Crippen LogP contribution in [-0.2, 0) is 32.0 Å². The second-order valence-corrected chi connectivity index (χ2v) is 11.0. The van der Waals surface area contributed by atoms with Crippen LogP contribution >= 0.6 is 11.8 Å². The Balaban J connectivity index is 1.81. The standard InChI is InChI=1S/C29H37N5O7S/c1-16(35)25(30)28(39)33-23(14-18-15-31-21-6-4-3-5-20(18)21)27(38)32-22(11-12-42-2)26(37)34-24(29(40)41)13-17-7-9-19(36)10-8-17/h3-10,15-16,22-25,31,35-36H,11-14,30H2,1-2H3,(H,32,38)(H,33,39)(H,34,37)(H,40,41). The summed E-state index contributed by atoms with van der Waals surface area (Å²) in [6.07, 6.45) is 2.61. The Kier molecular flexibility index (Phi) is 11.8. The predicted octanol–water partition coefficient (Wildman–Crippen LogP) is 0.659. The number of aliphatic hydroxyl groups excluding tert-OH is 1. The van der Waals surface area contributed by atoms with Crippen LogP contribution < -0.4 is 21.7 Å². The molecule has 1 heterocycles. The lowest BCUT2D eigenvalue weighted by Crippen LogP contribution is -2.58. The van der Waals surface area contributed by atoms with Gasteiger partial charge in [-0.2, -0.15) is 11.8 Å². The van der Waals surface area contributed by atoms with Gasteiger partial charge < -0.3 is 42.0 Å². The van der Waals surface area contributed by atoms with Gasteiger partial charge in [-0.15, -0.1) is 0 Å². The van der Waals surface area contributed by atoms with Crippen molar-refractivity contribution < 1.29 is 34.5 Å². The zero-order valence-electron chi connectivity index (χ0n) is 23.4. The maximum atomic E-state index is 13.6. The van der Waals surface area contributed by atoms with Crippen LogP contribution in [0.3, 0.4) is 0 Å². The van der Waals surface area contributed by atoms with Crippen LogP contribution in [-0.4, -0.2) is 86.3 Å². The van der Waals surface area contributed by atoms with Crippen LogP contribution in [0.2, 0.25) is 0 Å². The molecule has 3 amide bonds. The summed E-state index contributed by atoms with van der Waals surface area (Å²) in [5.41, 5.74) is 7.97. The van der Waals surface area contributed by atoms with Crippen molar-refractivity contribution in [2.24, 2.45) is 5.73 Å². The minimum atomic E-state index is -1.29. The normalized spacial score (nSPS) is 14.8. The highest BCUT2D eigenvalue weighted by Crippen LogP contribution is 2.19. The number of phenols is 1. The molecule has 12 nitrogen and oxygen atoms in total. The molecule has 13 heteroatoms. The van der Waals surface area contributed by atoms with Gasteiger partial charge in [0.15, 0.2) is 0 Å². The first-order valence-corrected chi connectivity index (χ1v) is 14.8. The largest absolute Gasteiger partial charge is 0.508 e. The Morgan fingerprint density at radius 3 is 2.17 bits per heavy atom. The highest BCUT2D eigenvalue weighted by molar-refractivity contribution is 7.98. The molecule has 0 saturated carbocycles. The number of aromatic amines is 1. The number of hydrogen-bond acceptors (Lipinski definition) is 8. The van der Waals surface area contributed by atoms with E-state index in [0.29, 0.717) is 11.3 Å². The van der Waals surface area contributed by atoms with Crippen LogP contribution in [0.1, 0.15) is 24.5 Å². The second kappa shape index (κ2) is 15.2. The number of fused-ring (bicyclic) bond motifs is 1. The third-order valence-electron chi connectivity index (χ3n) is 6.79. The van der Waals surface area contributed by atoms with Crippen molar-refractivity contribution >= 4 is 46.4 Å². The average Bonchev–Trinajstić information content (AvgIpc) is 3.37. The van der Waals surface area contributed by atoms with Gasteiger partial charge in [0.2, 0.25) is 17.7 Å². The number of amides is 3. The summed E-state index contributed by atoms with van der Waals surface area (Å²) in [6, 6.07) is 8.57. The molecule has 3 rings (SSSR count). The smallest absolute Gasteiger partial charge is 0.326 e. The number of phenolic OH excluding ortho intramolecular Hbond substituents is 1. The van der Waals surface area contributed by atoms with E-state index < -0.39 is 54.0 Å². The van der Waals surface area contributed by atoms with Crippen LogP contribution in [0.4, 0.5) is 0 Å². The van der Waals surface area contributed by atoms with Gasteiger partial charge in [0, 0.05) is 29.9 Å². The molecule has 5 atom stereocenters. The number of benzene rings is 2. The quantitative estimate of drug-likeness (QED) is 0.123. The van der Waals surface area contributed by atoms with Crippen LogP contribution in [0.15, 0.2) is 54.7 Å². The molecule has 0 aliphatic carbocycles. The van der Waals surface area contributed by atoms with Gasteiger partial charge in [0.1, 0.15) is 29.9 Å². The van der Waals surface area contributed by atoms with Crippen molar-refractivity contribution in [3.8, 4) is 5.75 Å². The fraction of sp³-hybridized carbons (Fsp3) is 0.379. The number of carboxylic acid groups (broad SMARTS) is 1. The van der Waals surface area contributed by atoms with E-state index in [2.05, 4.69) is 20.9 Å². The highest BCUT2D eigenvalue weighted by Gasteiger charge is 2.31. The van der Waals surface area contributed by atoms with Gasteiger partial charge in [-0.25, -0.2) is 4.79 Å². The summed E-state index contributed by atoms with van der Waals surface area (Å²) in [7, 11) is 0. The number of aromatic nitrogens is 1. The lowest BCUT2D eigenvalue weighted by Gasteiger charge is -2.25. The summed E-state index contributed by atoms with van der Waals surface area (Å²) in [5, 5.41) is 37.7. The van der Waals surface area contributed by atoms with Crippen molar-refractivity contribution in [1.29, 1.82) is 0 Å².